The maximum Gasteiger partial charge on any atom is 0.246 e. The predicted octanol–water partition coefficient (Wildman–Crippen LogP) is 2.11. The Morgan fingerprint density at radius 2 is 2.25 bits per heavy atom. The Morgan fingerprint density at radius 1 is 1.56 bits per heavy atom. The molecule has 1 aromatic rings. The number of hydrogen-bond acceptors (Lipinski definition) is 3. The molecule has 1 aromatic heterocycles. The van der Waals surface area contributed by atoms with Gasteiger partial charge in [0.2, 0.25) is 5.91 Å². The number of aryl methyl sites for hydroxylation is 2. The predicted molar refractivity (Wildman–Crippen MR) is 61.2 cm³/mol. The Hall–Kier alpha value is -1.29. The number of rotatable bonds is 5. The van der Waals surface area contributed by atoms with Crippen LogP contribution in [-0.2, 0) is 9.53 Å². The first-order valence-corrected chi connectivity index (χ1v) is 5.48. The van der Waals surface area contributed by atoms with Gasteiger partial charge in [-0.25, -0.2) is 0 Å². The molecule has 1 unspecified atom stereocenters. The number of ether oxygens (including phenoxy) is 1. The van der Waals surface area contributed by atoms with Crippen LogP contribution in [0.5, 0.6) is 0 Å². The zero-order valence-corrected chi connectivity index (χ0v) is 10.3. The monoisotopic (exact) mass is 225 g/mol. The summed E-state index contributed by atoms with van der Waals surface area (Å²) in [5.74, 6) is 1.60. The lowest BCUT2D eigenvalue weighted by molar-refractivity contribution is -0.126. The largest absolute Gasteiger partial charge is 0.466 e. The first-order chi connectivity index (χ1) is 7.54. The van der Waals surface area contributed by atoms with Crippen molar-refractivity contribution in [2.75, 3.05) is 13.2 Å². The van der Waals surface area contributed by atoms with E-state index in [2.05, 4.69) is 5.32 Å². The van der Waals surface area contributed by atoms with Crippen molar-refractivity contribution in [3.05, 3.63) is 23.2 Å². The van der Waals surface area contributed by atoms with Crippen LogP contribution in [0.15, 0.2) is 10.5 Å². The van der Waals surface area contributed by atoms with Crippen molar-refractivity contribution in [2.24, 2.45) is 0 Å². The van der Waals surface area contributed by atoms with E-state index in [4.69, 9.17) is 9.15 Å². The van der Waals surface area contributed by atoms with E-state index in [0.29, 0.717) is 6.61 Å². The third-order valence-corrected chi connectivity index (χ3v) is 2.36. The van der Waals surface area contributed by atoms with E-state index in [-0.39, 0.29) is 18.6 Å². The molecule has 1 amide bonds. The smallest absolute Gasteiger partial charge is 0.246 e. The van der Waals surface area contributed by atoms with E-state index >= 15 is 0 Å². The summed E-state index contributed by atoms with van der Waals surface area (Å²) in [5, 5.41) is 2.86. The highest BCUT2D eigenvalue weighted by Gasteiger charge is 2.14. The normalized spacial score (nSPS) is 12.5. The van der Waals surface area contributed by atoms with Crippen LogP contribution in [0.4, 0.5) is 0 Å². The molecular formula is C12H19NO3. The van der Waals surface area contributed by atoms with E-state index in [0.717, 1.165) is 17.1 Å². The summed E-state index contributed by atoms with van der Waals surface area (Å²) in [5.41, 5.74) is 1.02. The van der Waals surface area contributed by atoms with Crippen molar-refractivity contribution in [3.8, 4) is 0 Å². The molecule has 0 bridgehead atoms. The lowest BCUT2D eigenvalue weighted by atomic mass is 10.1. The van der Waals surface area contributed by atoms with Crippen LogP contribution in [0.25, 0.3) is 0 Å². The minimum Gasteiger partial charge on any atom is -0.466 e. The molecule has 0 saturated carbocycles. The van der Waals surface area contributed by atoms with Gasteiger partial charge in [0.25, 0.3) is 0 Å². The van der Waals surface area contributed by atoms with Crippen molar-refractivity contribution >= 4 is 5.91 Å². The van der Waals surface area contributed by atoms with E-state index in [1.807, 2.05) is 33.8 Å². The molecule has 1 atom stereocenters. The first kappa shape index (κ1) is 12.8. The van der Waals surface area contributed by atoms with Crippen molar-refractivity contribution in [1.29, 1.82) is 0 Å². The van der Waals surface area contributed by atoms with Gasteiger partial charge in [-0.15, -0.1) is 0 Å². The lowest BCUT2D eigenvalue weighted by Gasteiger charge is -2.12. The Morgan fingerprint density at radius 3 is 2.75 bits per heavy atom. The zero-order valence-electron chi connectivity index (χ0n) is 10.3. The van der Waals surface area contributed by atoms with Crippen LogP contribution < -0.4 is 5.32 Å². The average Bonchev–Trinajstić information content (AvgIpc) is 2.54. The van der Waals surface area contributed by atoms with Crippen LogP contribution in [0.2, 0.25) is 0 Å². The molecule has 0 aliphatic carbocycles. The van der Waals surface area contributed by atoms with Crippen molar-refractivity contribution in [1.82, 2.24) is 5.32 Å². The van der Waals surface area contributed by atoms with Crippen molar-refractivity contribution in [2.45, 2.75) is 33.7 Å². The number of hydrogen-bond donors (Lipinski definition) is 1. The fourth-order valence-electron chi connectivity index (χ4n) is 1.64. The van der Waals surface area contributed by atoms with Gasteiger partial charge in [-0.2, -0.15) is 0 Å². The summed E-state index contributed by atoms with van der Waals surface area (Å²) in [6.45, 7) is 8.24. The topological polar surface area (TPSA) is 51.5 Å². The Kier molecular flexibility index (Phi) is 4.55. The van der Waals surface area contributed by atoms with E-state index in [1.54, 1.807) is 0 Å². The van der Waals surface area contributed by atoms with Crippen LogP contribution in [0.1, 0.15) is 37.0 Å². The maximum absolute atomic E-state index is 11.4. The Bertz CT molecular complexity index is 357. The van der Waals surface area contributed by atoms with Gasteiger partial charge in [0.15, 0.2) is 0 Å². The minimum absolute atomic E-state index is 0.0505. The Balaban J connectivity index is 2.55. The highest BCUT2D eigenvalue weighted by atomic mass is 16.5. The second-order valence-corrected chi connectivity index (χ2v) is 3.79. The Labute approximate surface area is 96.0 Å². The number of carbonyl (C=O) groups excluding carboxylic acids is 1. The minimum atomic E-state index is -0.104. The van der Waals surface area contributed by atoms with Gasteiger partial charge in [0.1, 0.15) is 18.1 Å². The number of furan rings is 1. The highest BCUT2D eigenvalue weighted by molar-refractivity contribution is 5.77. The van der Waals surface area contributed by atoms with E-state index in [9.17, 15) is 4.79 Å². The zero-order chi connectivity index (χ0) is 12.1. The first-order valence-electron chi connectivity index (χ1n) is 5.48. The summed E-state index contributed by atoms with van der Waals surface area (Å²) in [7, 11) is 0. The molecule has 1 N–H and O–H groups in total. The summed E-state index contributed by atoms with van der Waals surface area (Å²) in [4.78, 5) is 11.4. The molecule has 0 spiro atoms. The summed E-state index contributed by atoms with van der Waals surface area (Å²) in [6, 6.07) is 1.89. The van der Waals surface area contributed by atoms with Gasteiger partial charge in [-0.05, 0) is 33.8 Å². The van der Waals surface area contributed by atoms with Gasteiger partial charge in [-0.3, -0.25) is 4.79 Å². The molecule has 16 heavy (non-hydrogen) atoms. The fourth-order valence-corrected chi connectivity index (χ4v) is 1.64. The molecule has 0 aliphatic rings. The van der Waals surface area contributed by atoms with Gasteiger partial charge in [0, 0.05) is 12.2 Å². The molecule has 4 heteroatoms. The molecule has 0 aromatic carbocycles. The summed E-state index contributed by atoms with van der Waals surface area (Å²) < 4.78 is 10.4. The number of amides is 1. The fraction of sp³-hybridized carbons (Fsp3) is 0.583. The second kappa shape index (κ2) is 5.70. The number of carbonyl (C=O) groups is 1. The molecule has 0 fully saturated rings. The quantitative estimate of drug-likeness (QED) is 0.835. The van der Waals surface area contributed by atoms with Crippen LogP contribution in [0, 0.1) is 13.8 Å². The molecule has 4 nitrogen and oxygen atoms in total. The molecule has 0 radical (unpaired) electrons. The SMILES string of the molecule is CCOCC(=O)NC(C)c1cc(C)oc1C. The van der Waals surface area contributed by atoms with Gasteiger partial charge >= 0.3 is 0 Å². The standard InChI is InChI=1S/C12H19NO3/c1-5-15-7-12(14)13-9(3)11-6-8(2)16-10(11)4/h6,9H,5,7H2,1-4H3,(H,13,14). The molecular weight excluding hydrogens is 206 g/mol. The third kappa shape index (κ3) is 3.38. The van der Waals surface area contributed by atoms with Gasteiger partial charge in [0.05, 0.1) is 6.04 Å². The molecule has 0 aliphatic heterocycles. The second-order valence-electron chi connectivity index (χ2n) is 3.79. The van der Waals surface area contributed by atoms with Gasteiger partial charge < -0.3 is 14.5 Å². The number of nitrogens with one attached hydrogen (secondary N) is 1. The molecule has 0 saturated heterocycles. The van der Waals surface area contributed by atoms with E-state index in [1.165, 1.54) is 0 Å². The third-order valence-electron chi connectivity index (χ3n) is 2.36. The molecule has 1 heterocycles. The van der Waals surface area contributed by atoms with Crippen LogP contribution >= 0.6 is 0 Å². The highest BCUT2D eigenvalue weighted by Crippen LogP contribution is 2.20. The van der Waals surface area contributed by atoms with Gasteiger partial charge in [-0.1, -0.05) is 0 Å². The van der Waals surface area contributed by atoms with Crippen LogP contribution in [0.3, 0.4) is 0 Å². The average molecular weight is 225 g/mol. The molecule has 90 valence electrons. The summed E-state index contributed by atoms with van der Waals surface area (Å²) >= 11 is 0. The lowest BCUT2D eigenvalue weighted by Crippen LogP contribution is -2.30. The van der Waals surface area contributed by atoms with E-state index < -0.39 is 0 Å². The van der Waals surface area contributed by atoms with Crippen molar-refractivity contribution < 1.29 is 13.9 Å². The summed E-state index contributed by atoms with van der Waals surface area (Å²) in [6.07, 6.45) is 0. The molecule has 1 rings (SSSR count). The maximum atomic E-state index is 11.4. The van der Waals surface area contributed by atoms with Crippen molar-refractivity contribution in [3.63, 3.8) is 0 Å². The van der Waals surface area contributed by atoms with Crippen LogP contribution in [-0.4, -0.2) is 19.1 Å².